The van der Waals surface area contributed by atoms with E-state index in [4.69, 9.17) is 0 Å². The van der Waals surface area contributed by atoms with Gasteiger partial charge in [0.2, 0.25) is 5.91 Å². The lowest BCUT2D eigenvalue weighted by Crippen LogP contribution is -2.38. The average Bonchev–Trinajstić information content (AvgIpc) is 3.29. The lowest BCUT2D eigenvalue weighted by Gasteiger charge is -2.32. The quantitative estimate of drug-likeness (QED) is 0.522. The van der Waals surface area contributed by atoms with Gasteiger partial charge in [0, 0.05) is 55.3 Å². The average molecular weight is 393 g/mol. The molecule has 0 radical (unpaired) electrons. The number of nitrogens with one attached hydrogen (secondary N) is 1. The lowest BCUT2D eigenvalue weighted by atomic mass is 9.96. The maximum atomic E-state index is 12.5. The Hall–Kier alpha value is -3.82. The van der Waals surface area contributed by atoms with Crippen molar-refractivity contribution in [2.24, 2.45) is 5.92 Å². The molecule has 10 nitrogen and oxygen atoms in total. The van der Waals surface area contributed by atoms with Crippen LogP contribution in [0.25, 0.3) is 5.82 Å². The fourth-order valence-corrected chi connectivity index (χ4v) is 3.33. The number of piperidine rings is 1. The predicted molar refractivity (Wildman–Crippen MR) is 106 cm³/mol. The van der Waals surface area contributed by atoms with Gasteiger partial charge in [0.25, 0.3) is 5.69 Å². The number of imidazole rings is 1. The van der Waals surface area contributed by atoms with Crippen LogP contribution in [0.15, 0.2) is 55.4 Å². The highest BCUT2D eigenvalue weighted by molar-refractivity contribution is 5.92. The molecule has 1 saturated heterocycles. The third kappa shape index (κ3) is 4.21. The summed E-state index contributed by atoms with van der Waals surface area (Å²) < 4.78 is 1.82. The molecule has 1 fully saturated rings. The maximum Gasteiger partial charge on any atom is 0.269 e. The molecular weight excluding hydrogens is 374 g/mol. The smallest absolute Gasteiger partial charge is 0.269 e. The first-order valence-corrected chi connectivity index (χ1v) is 9.21. The van der Waals surface area contributed by atoms with Gasteiger partial charge in [0.15, 0.2) is 0 Å². The second-order valence-electron chi connectivity index (χ2n) is 6.76. The number of aromatic nitrogens is 4. The van der Waals surface area contributed by atoms with Crippen molar-refractivity contribution < 1.29 is 9.72 Å². The van der Waals surface area contributed by atoms with Crippen LogP contribution in [-0.4, -0.2) is 43.4 Å². The molecule has 4 rings (SSSR count). The number of nitro benzene ring substituents is 1. The van der Waals surface area contributed by atoms with Crippen LogP contribution < -0.4 is 10.2 Å². The van der Waals surface area contributed by atoms with Crippen molar-refractivity contribution in [3.8, 4) is 5.82 Å². The summed E-state index contributed by atoms with van der Waals surface area (Å²) in [6.07, 6.45) is 8.11. The van der Waals surface area contributed by atoms with Gasteiger partial charge in [-0.3, -0.25) is 19.5 Å². The number of hydrogen-bond donors (Lipinski definition) is 1. The summed E-state index contributed by atoms with van der Waals surface area (Å²) in [6.45, 7) is 1.41. The molecule has 0 spiro atoms. The molecule has 10 heteroatoms. The minimum atomic E-state index is -0.466. The van der Waals surface area contributed by atoms with Crippen LogP contribution in [0.2, 0.25) is 0 Å². The van der Waals surface area contributed by atoms with E-state index in [9.17, 15) is 14.9 Å². The van der Waals surface area contributed by atoms with Crippen LogP contribution in [0.4, 0.5) is 17.2 Å². The van der Waals surface area contributed by atoms with E-state index in [2.05, 4.69) is 25.2 Å². The summed E-state index contributed by atoms with van der Waals surface area (Å²) in [5, 5.41) is 13.6. The first kappa shape index (κ1) is 18.5. The van der Waals surface area contributed by atoms with Gasteiger partial charge < -0.3 is 10.2 Å². The number of carbonyl (C=O) groups is 1. The summed E-state index contributed by atoms with van der Waals surface area (Å²) in [7, 11) is 0. The Morgan fingerprint density at radius 2 is 1.86 bits per heavy atom. The molecule has 3 aromatic rings. The number of anilines is 2. The minimum Gasteiger partial charge on any atom is -0.356 e. The van der Waals surface area contributed by atoms with Crippen LogP contribution in [-0.2, 0) is 4.79 Å². The van der Waals surface area contributed by atoms with E-state index in [-0.39, 0.29) is 17.5 Å². The molecular formula is C19H19N7O3. The fourth-order valence-electron chi connectivity index (χ4n) is 3.33. The van der Waals surface area contributed by atoms with E-state index < -0.39 is 4.92 Å². The molecule has 1 N–H and O–H groups in total. The van der Waals surface area contributed by atoms with E-state index in [1.165, 1.54) is 18.5 Å². The van der Waals surface area contributed by atoms with Gasteiger partial charge in [-0.1, -0.05) is 0 Å². The summed E-state index contributed by atoms with van der Waals surface area (Å²) >= 11 is 0. The van der Waals surface area contributed by atoms with Gasteiger partial charge in [0.05, 0.1) is 4.92 Å². The second kappa shape index (κ2) is 8.05. The van der Waals surface area contributed by atoms with Crippen LogP contribution in [0, 0.1) is 16.0 Å². The van der Waals surface area contributed by atoms with Crippen molar-refractivity contribution in [1.82, 2.24) is 19.5 Å². The Bertz CT molecular complexity index is 997. The molecule has 0 atom stereocenters. The topological polar surface area (TPSA) is 119 Å². The Labute approximate surface area is 166 Å². The summed E-state index contributed by atoms with van der Waals surface area (Å²) in [5.74, 6) is 1.38. The van der Waals surface area contributed by atoms with E-state index in [1.54, 1.807) is 24.7 Å². The third-order valence-corrected chi connectivity index (χ3v) is 4.94. The molecule has 3 heterocycles. The van der Waals surface area contributed by atoms with Gasteiger partial charge in [-0.15, -0.1) is 0 Å². The summed E-state index contributed by atoms with van der Waals surface area (Å²) in [5.41, 5.74) is 0.556. The number of rotatable bonds is 5. The molecule has 1 aromatic carbocycles. The van der Waals surface area contributed by atoms with Gasteiger partial charge in [-0.05, 0) is 25.0 Å². The highest BCUT2D eigenvalue weighted by Crippen LogP contribution is 2.24. The first-order chi connectivity index (χ1) is 14.1. The predicted octanol–water partition coefficient (Wildman–Crippen LogP) is 2.43. The summed E-state index contributed by atoms with van der Waals surface area (Å²) in [6, 6.07) is 7.75. The number of hydrogen-bond acceptors (Lipinski definition) is 7. The minimum absolute atomic E-state index is 0.00350. The largest absolute Gasteiger partial charge is 0.356 e. The van der Waals surface area contributed by atoms with Crippen molar-refractivity contribution in [2.45, 2.75) is 12.8 Å². The standard InChI is InChI=1S/C19H19N7O3/c27-19(23-15-1-3-16(4-2-15)26(28)29)14-5-8-24(9-6-14)17-11-18(22-12-21-17)25-10-7-20-13-25/h1-4,7,10-14H,5-6,8-9H2,(H,23,27). The molecule has 29 heavy (non-hydrogen) atoms. The molecule has 2 aromatic heterocycles. The van der Waals surface area contributed by atoms with Crippen molar-refractivity contribution >= 4 is 23.1 Å². The zero-order chi connectivity index (χ0) is 20.2. The summed E-state index contributed by atoms with van der Waals surface area (Å²) in [4.78, 5) is 37.6. The second-order valence-corrected chi connectivity index (χ2v) is 6.76. The van der Waals surface area contributed by atoms with Crippen LogP contribution >= 0.6 is 0 Å². The van der Waals surface area contributed by atoms with E-state index in [1.807, 2.05) is 16.8 Å². The van der Waals surface area contributed by atoms with Crippen LogP contribution in [0.5, 0.6) is 0 Å². The number of amides is 1. The van der Waals surface area contributed by atoms with Crippen LogP contribution in [0.3, 0.4) is 0 Å². The molecule has 1 aliphatic heterocycles. The lowest BCUT2D eigenvalue weighted by molar-refractivity contribution is -0.384. The third-order valence-electron chi connectivity index (χ3n) is 4.94. The van der Waals surface area contributed by atoms with Crippen molar-refractivity contribution in [1.29, 1.82) is 0 Å². The van der Waals surface area contributed by atoms with Gasteiger partial charge >= 0.3 is 0 Å². The molecule has 0 bridgehead atoms. The van der Waals surface area contributed by atoms with Crippen molar-refractivity contribution in [2.75, 3.05) is 23.3 Å². The normalized spacial score (nSPS) is 14.6. The van der Waals surface area contributed by atoms with Crippen molar-refractivity contribution in [3.63, 3.8) is 0 Å². The van der Waals surface area contributed by atoms with Crippen LogP contribution in [0.1, 0.15) is 12.8 Å². The van der Waals surface area contributed by atoms with Gasteiger partial charge in [-0.25, -0.2) is 15.0 Å². The first-order valence-electron chi connectivity index (χ1n) is 9.21. The van der Waals surface area contributed by atoms with Gasteiger partial charge in [-0.2, -0.15) is 0 Å². The Balaban J connectivity index is 1.35. The Morgan fingerprint density at radius 1 is 1.14 bits per heavy atom. The highest BCUT2D eigenvalue weighted by Gasteiger charge is 2.26. The molecule has 148 valence electrons. The molecule has 1 aliphatic rings. The number of nitro groups is 1. The zero-order valence-electron chi connectivity index (χ0n) is 15.5. The molecule has 1 amide bonds. The van der Waals surface area contributed by atoms with Crippen molar-refractivity contribution in [3.05, 3.63) is 65.5 Å². The monoisotopic (exact) mass is 393 g/mol. The van der Waals surface area contributed by atoms with E-state index in [0.717, 1.165) is 11.6 Å². The molecule has 0 saturated carbocycles. The molecule has 0 aliphatic carbocycles. The highest BCUT2D eigenvalue weighted by atomic mass is 16.6. The molecule has 0 unspecified atom stereocenters. The zero-order valence-corrected chi connectivity index (χ0v) is 15.5. The number of benzene rings is 1. The van der Waals surface area contributed by atoms with E-state index in [0.29, 0.717) is 31.6 Å². The fraction of sp³-hybridized carbons (Fsp3) is 0.263. The Morgan fingerprint density at radius 3 is 2.52 bits per heavy atom. The van der Waals surface area contributed by atoms with E-state index >= 15 is 0 Å². The number of carbonyl (C=O) groups excluding carboxylic acids is 1. The maximum absolute atomic E-state index is 12.5. The SMILES string of the molecule is O=C(Nc1ccc([N+](=O)[O-])cc1)C1CCN(c2cc(-n3ccnc3)ncn2)CC1. The van der Waals surface area contributed by atoms with Gasteiger partial charge in [0.1, 0.15) is 24.3 Å². The Kier molecular flexibility index (Phi) is 5.14. The number of non-ortho nitro benzene ring substituents is 1. The number of nitrogens with zero attached hydrogens (tertiary/aromatic N) is 6.